The monoisotopic (exact) mass is 350 g/mol. The molecule has 9 heteroatoms. The van der Waals surface area contributed by atoms with E-state index in [-0.39, 0.29) is 11.2 Å². The summed E-state index contributed by atoms with van der Waals surface area (Å²) in [5.74, 6) is -0.0719. The van der Waals surface area contributed by atoms with Crippen molar-refractivity contribution in [3.63, 3.8) is 0 Å². The van der Waals surface area contributed by atoms with Crippen LogP contribution in [0.15, 0.2) is 53.8 Å². The number of aromatic amines is 2. The molecule has 0 fully saturated rings. The molecule has 0 spiro atoms. The predicted molar refractivity (Wildman–Crippen MR) is 94.8 cm³/mol. The van der Waals surface area contributed by atoms with Crippen LogP contribution in [0.2, 0.25) is 0 Å². The Balaban J connectivity index is 1.71. The van der Waals surface area contributed by atoms with Crippen LogP contribution in [0.1, 0.15) is 10.4 Å². The number of methoxy groups -OCH3 is 1. The number of hydrogen-bond donors (Lipinski definition) is 3. The van der Waals surface area contributed by atoms with E-state index < -0.39 is 5.91 Å². The lowest BCUT2D eigenvalue weighted by Crippen LogP contribution is -2.24. The van der Waals surface area contributed by atoms with Crippen molar-refractivity contribution in [3.8, 4) is 11.4 Å². The third-order valence-electron chi connectivity index (χ3n) is 3.96. The smallest absolute Gasteiger partial charge is 0.278 e. The van der Waals surface area contributed by atoms with Crippen molar-refractivity contribution in [1.29, 1.82) is 0 Å². The van der Waals surface area contributed by atoms with Crippen molar-refractivity contribution in [2.45, 2.75) is 0 Å². The van der Waals surface area contributed by atoms with Gasteiger partial charge < -0.3 is 10.1 Å². The molecule has 0 unspecified atom stereocenters. The maximum absolute atomic E-state index is 12.7. The zero-order valence-electron chi connectivity index (χ0n) is 13.7. The van der Waals surface area contributed by atoms with Gasteiger partial charge >= 0.3 is 0 Å². The molecule has 4 rings (SSSR count). The van der Waals surface area contributed by atoms with Gasteiger partial charge in [-0.15, -0.1) is 0 Å². The number of ether oxygens (including phenoxy) is 1. The summed E-state index contributed by atoms with van der Waals surface area (Å²) < 4.78 is 6.67. The second kappa shape index (κ2) is 6.20. The quantitative estimate of drug-likeness (QED) is 0.518. The molecule has 0 atom stereocenters. The Hall–Kier alpha value is -3.88. The van der Waals surface area contributed by atoms with Crippen molar-refractivity contribution >= 4 is 22.5 Å². The molecule has 3 aromatic heterocycles. The average Bonchev–Trinajstić information content (AvgIpc) is 3.33. The van der Waals surface area contributed by atoms with Gasteiger partial charge in [0.25, 0.3) is 11.5 Å². The summed E-state index contributed by atoms with van der Waals surface area (Å²) in [5.41, 5.74) is 1.40. The minimum Gasteiger partial charge on any atom is -0.496 e. The minimum absolute atomic E-state index is 0.146. The van der Waals surface area contributed by atoms with Crippen LogP contribution in [0.4, 0.5) is 5.69 Å². The fraction of sp³-hybridized carbons (Fsp3) is 0.0588. The summed E-state index contributed by atoms with van der Waals surface area (Å²) in [4.78, 5) is 25.3. The number of aromatic nitrogens is 5. The first-order valence-corrected chi connectivity index (χ1v) is 7.70. The molecule has 0 bridgehead atoms. The van der Waals surface area contributed by atoms with Gasteiger partial charge in [0, 0.05) is 23.8 Å². The lowest BCUT2D eigenvalue weighted by atomic mass is 10.1. The lowest BCUT2D eigenvalue weighted by molar-refractivity contribution is 0.102. The van der Waals surface area contributed by atoms with Crippen molar-refractivity contribution < 1.29 is 9.53 Å². The molecule has 0 radical (unpaired) electrons. The fourth-order valence-corrected chi connectivity index (χ4v) is 2.68. The van der Waals surface area contributed by atoms with E-state index in [0.717, 1.165) is 10.9 Å². The second-order valence-corrected chi connectivity index (χ2v) is 5.52. The van der Waals surface area contributed by atoms with Crippen LogP contribution in [0, 0.1) is 0 Å². The molecule has 0 saturated carbocycles. The molecular weight excluding hydrogens is 336 g/mol. The largest absolute Gasteiger partial charge is 0.496 e. The maximum atomic E-state index is 12.7. The van der Waals surface area contributed by atoms with E-state index in [1.54, 1.807) is 42.9 Å². The summed E-state index contributed by atoms with van der Waals surface area (Å²) in [7, 11) is 1.47. The van der Waals surface area contributed by atoms with E-state index in [4.69, 9.17) is 4.74 Å². The van der Waals surface area contributed by atoms with Gasteiger partial charge in [0.15, 0.2) is 0 Å². The number of amides is 1. The Morgan fingerprint density at radius 1 is 1.27 bits per heavy atom. The summed E-state index contributed by atoms with van der Waals surface area (Å²) in [5, 5.41) is 16.6. The highest BCUT2D eigenvalue weighted by molar-refractivity contribution is 6.08. The first-order valence-electron chi connectivity index (χ1n) is 7.70. The molecule has 0 aliphatic rings. The molecule has 9 nitrogen and oxygen atoms in total. The normalized spacial score (nSPS) is 10.8. The number of pyridine rings is 1. The van der Waals surface area contributed by atoms with E-state index in [0.29, 0.717) is 17.0 Å². The molecule has 3 N–H and O–H groups in total. The number of fused-ring (bicyclic) bond motifs is 1. The summed E-state index contributed by atoms with van der Waals surface area (Å²) in [6.07, 6.45) is 6.31. The number of benzene rings is 1. The SMILES string of the molecule is COc1cc2[nH]ncc2cc1C(=O)Nc1cccn(-c2cn[nH]c2)c1=O. The zero-order chi connectivity index (χ0) is 18.1. The van der Waals surface area contributed by atoms with Crippen LogP contribution in [-0.4, -0.2) is 38.0 Å². The molecule has 26 heavy (non-hydrogen) atoms. The van der Waals surface area contributed by atoms with Crippen molar-refractivity contribution in [1.82, 2.24) is 25.0 Å². The number of nitrogens with zero attached hydrogens (tertiary/aromatic N) is 3. The van der Waals surface area contributed by atoms with Crippen molar-refractivity contribution in [2.24, 2.45) is 0 Å². The number of hydrogen-bond acceptors (Lipinski definition) is 5. The summed E-state index contributed by atoms with van der Waals surface area (Å²) >= 11 is 0. The summed E-state index contributed by atoms with van der Waals surface area (Å²) in [6, 6.07) is 6.55. The molecule has 3 heterocycles. The predicted octanol–water partition coefficient (Wildman–Crippen LogP) is 1.70. The summed E-state index contributed by atoms with van der Waals surface area (Å²) in [6.45, 7) is 0. The van der Waals surface area contributed by atoms with Gasteiger partial charge in [-0.25, -0.2) is 0 Å². The number of anilines is 1. The highest BCUT2D eigenvalue weighted by Gasteiger charge is 2.16. The highest BCUT2D eigenvalue weighted by Crippen LogP contribution is 2.25. The Bertz CT molecular complexity index is 1140. The molecule has 1 aromatic carbocycles. The molecule has 0 aliphatic heterocycles. The Kier molecular flexibility index (Phi) is 3.73. The number of carbonyl (C=O) groups excluding carboxylic acids is 1. The Morgan fingerprint density at radius 3 is 2.92 bits per heavy atom. The lowest BCUT2D eigenvalue weighted by Gasteiger charge is -2.10. The fourth-order valence-electron chi connectivity index (χ4n) is 2.68. The van der Waals surface area contributed by atoms with E-state index in [2.05, 4.69) is 25.7 Å². The van der Waals surface area contributed by atoms with Gasteiger partial charge in [0.2, 0.25) is 0 Å². The number of carbonyl (C=O) groups is 1. The molecular formula is C17H14N6O3. The average molecular weight is 350 g/mol. The Labute approximate surface area is 146 Å². The number of rotatable bonds is 4. The first kappa shape index (κ1) is 15.6. The maximum Gasteiger partial charge on any atom is 0.278 e. The van der Waals surface area contributed by atoms with E-state index >= 15 is 0 Å². The van der Waals surface area contributed by atoms with Crippen LogP contribution in [-0.2, 0) is 0 Å². The zero-order valence-corrected chi connectivity index (χ0v) is 13.7. The second-order valence-electron chi connectivity index (χ2n) is 5.52. The highest BCUT2D eigenvalue weighted by atomic mass is 16.5. The van der Waals surface area contributed by atoms with Crippen molar-refractivity contribution in [2.75, 3.05) is 12.4 Å². The molecule has 0 aliphatic carbocycles. The van der Waals surface area contributed by atoms with Crippen LogP contribution in [0.5, 0.6) is 5.75 Å². The minimum atomic E-state index is -0.452. The van der Waals surface area contributed by atoms with Crippen LogP contribution < -0.4 is 15.6 Å². The van der Waals surface area contributed by atoms with E-state index in [1.807, 2.05) is 0 Å². The van der Waals surface area contributed by atoms with Crippen LogP contribution in [0.3, 0.4) is 0 Å². The Morgan fingerprint density at radius 2 is 2.15 bits per heavy atom. The van der Waals surface area contributed by atoms with E-state index in [1.165, 1.54) is 17.9 Å². The third kappa shape index (κ3) is 2.61. The van der Waals surface area contributed by atoms with Gasteiger partial charge in [-0.1, -0.05) is 0 Å². The standard InChI is InChI=1S/C17H14N6O3/c1-26-15-6-14-10(7-20-22-14)5-12(15)16(24)21-13-3-2-4-23(17(13)25)11-8-18-19-9-11/h2-9H,1H3,(H,18,19)(H,20,22)(H,21,24). The van der Waals surface area contributed by atoms with Crippen LogP contribution in [0.25, 0.3) is 16.6 Å². The van der Waals surface area contributed by atoms with Crippen molar-refractivity contribution in [3.05, 3.63) is 65.0 Å². The topological polar surface area (TPSA) is 118 Å². The van der Waals surface area contributed by atoms with Gasteiger partial charge in [-0.05, 0) is 18.2 Å². The molecule has 130 valence electrons. The molecule has 1 amide bonds. The van der Waals surface area contributed by atoms with Gasteiger partial charge in [-0.2, -0.15) is 10.2 Å². The van der Waals surface area contributed by atoms with Crippen LogP contribution >= 0.6 is 0 Å². The molecule has 0 saturated heterocycles. The van der Waals surface area contributed by atoms with Gasteiger partial charge in [-0.3, -0.25) is 24.4 Å². The molecule has 4 aromatic rings. The third-order valence-corrected chi connectivity index (χ3v) is 3.96. The first-order chi connectivity index (χ1) is 12.7. The number of nitrogens with one attached hydrogen (secondary N) is 3. The number of H-pyrrole nitrogens is 2. The van der Waals surface area contributed by atoms with Gasteiger partial charge in [0.05, 0.1) is 36.3 Å². The van der Waals surface area contributed by atoms with E-state index in [9.17, 15) is 9.59 Å². The van der Waals surface area contributed by atoms with Gasteiger partial charge in [0.1, 0.15) is 11.4 Å².